The van der Waals surface area contributed by atoms with Gasteiger partial charge in [-0.25, -0.2) is 9.59 Å². The van der Waals surface area contributed by atoms with Crippen molar-refractivity contribution >= 4 is 37.9 Å². The lowest BCUT2D eigenvalue weighted by molar-refractivity contribution is -0.151. The molecule has 3 atom stereocenters. The van der Waals surface area contributed by atoms with Crippen LogP contribution in [0.2, 0.25) is 23.2 Å². The standard InChI is InChI=1S/C29H49ClN2O6Si/c1-13-36-26(34)23(24(20-14-16-21(30)17-15-20)38-39(11,12)29(7,8)9)31-25(33)22(18-19(2)3)32(10)27(35)37-28(4,5)6/h14-17,19,22-24H,13,18H2,1-12H3,(H,31,33)/t22-,23-,24-/m1/s1. The highest BCUT2D eigenvalue weighted by atomic mass is 35.5. The summed E-state index contributed by atoms with van der Waals surface area (Å²) in [6.45, 7) is 21.5. The second-order valence-corrected chi connectivity index (χ2v) is 18.0. The predicted molar refractivity (Wildman–Crippen MR) is 158 cm³/mol. The van der Waals surface area contributed by atoms with E-state index in [9.17, 15) is 14.4 Å². The average Bonchev–Trinajstić information content (AvgIpc) is 2.77. The second kappa shape index (κ2) is 14.0. The van der Waals surface area contributed by atoms with Crippen molar-refractivity contribution in [2.45, 2.75) is 111 Å². The van der Waals surface area contributed by atoms with Crippen LogP contribution in [-0.2, 0) is 23.5 Å². The van der Waals surface area contributed by atoms with Crippen LogP contribution in [-0.4, -0.2) is 62.5 Å². The molecule has 0 saturated heterocycles. The van der Waals surface area contributed by atoms with E-state index < -0.39 is 50.1 Å². The summed E-state index contributed by atoms with van der Waals surface area (Å²) in [6.07, 6.45) is -1.09. The number of halogens is 1. The van der Waals surface area contributed by atoms with Crippen molar-refractivity contribution in [3.8, 4) is 0 Å². The highest BCUT2D eigenvalue weighted by Crippen LogP contribution is 2.41. The van der Waals surface area contributed by atoms with E-state index in [2.05, 4.69) is 39.2 Å². The van der Waals surface area contributed by atoms with Crippen LogP contribution in [0.4, 0.5) is 4.79 Å². The number of benzene rings is 1. The molecule has 2 amide bonds. The van der Waals surface area contributed by atoms with Crippen molar-refractivity contribution in [3.05, 3.63) is 34.9 Å². The van der Waals surface area contributed by atoms with Crippen molar-refractivity contribution in [3.63, 3.8) is 0 Å². The fraction of sp³-hybridized carbons (Fsp3) is 0.690. The topological polar surface area (TPSA) is 94.2 Å². The smallest absolute Gasteiger partial charge is 0.410 e. The van der Waals surface area contributed by atoms with Crippen LogP contribution in [0.25, 0.3) is 0 Å². The molecule has 0 fully saturated rings. The second-order valence-electron chi connectivity index (χ2n) is 12.8. The molecule has 0 saturated carbocycles. The minimum absolute atomic E-state index is 0.0854. The number of ether oxygens (including phenoxy) is 2. The molecule has 0 spiro atoms. The molecule has 0 aliphatic rings. The van der Waals surface area contributed by atoms with Crippen LogP contribution in [0, 0.1) is 5.92 Å². The normalized spacial score (nSPS) is 14.8. The molecule has 0 aromatic heterocycles. The number of hydrogen-bond donors (Lipinski definition) is 1. The van der Waals surface area contributed by atoms with E-state index in [0.29, 0.717) is 17.0 Å². The van der Waals surface area contributed by atoms with Crippen LogP contribution >= 0.6 is 11.6 Å². The minimum atomic E-state index is -2.44. The maximum Gasteiger partial charge on any atom is 0.410 e. The highest BCUT2D eigenvalue weighted by molar-refractivity contribution is 6.74. The molecule has 39 heavy (non-hydrogen) atoms. The molecular weight excluding hydrogens is 536 g/mol. The first-order valence-corrected chi connectivity index (χ1v) is 16.8. The number of nitrogens with zero attached hydrogens (tertiary/aromatic N) is 1. The maximum atomic E-state index is 13.8. The van der Waals surface area contributed by atoms with Gasteiger partial charge in [0.1, 0.15) is 17.7 Å². The Balaban J connectivity index is 3.56. The maximum absolute atomic E-state index is 13.8. The van der Waals surface area contributed by atoms with E-state index in [4.69, 9.17) is 25.5 Å². The Morgan fingerprint density at radius 1 is 1.03 bits per heavy atom. The fourth-order valence-electron chi connectivity index (χ4n) is 3.56. The third-order valence-electron chi connectivity index (χ3n) is 6.71. The number of esters is 1. The molecule has 222 valence electrons. The summed E-state index contributed by atoms with van der Waals surface area (Å²) >= 11 is 6.16. The van der Waals surface area contributed by atoms with Gasteiger partial charge in [0.05, 0.1) is 6.61 Å². The van der Waals surface area contributed by atoms with Gasteiger partial charge in [-0.3, -0.25) is 9.69 Å². The Morgan fingerprint density at radius 2 is 1.56 bits per heavy atom. The SMILES string of the molecule is CCOC(=O)[C@H](NC(=O)[C@@H](CC(C)C)N(C)C(=O)OC(C)(C)C)[C@H](O[Si](C)(C)C(C)(C)C)c1ccc(Cl)cc1. The van der Waals surface area contributed by atoms with Crippen molar-refractivity contribution in [2.75, 3.05) is 13.7 Å². The van der Waals surface area contributed by atoms with E-state index in [-0.39, 0.29) is 17.6 Å². The van der Waals surface area contributed by atoms with E-state index in [1.165, 1.54) is 11.9 Å². The summed E-state index contributed by atoms with van der Waals surface area (Å²) in [6, 6.07) is 4.99. The Hall–Kier alpha value is -2.10. The molecule has 0 heterocycles. The van der Waals surface area contributed by atoms with Gasteiger partial charge in [0.25, 0.3) is 0 Å². The Morgan fingerprint density at radius 3 is 2.00 bits per heavy atom. The van der Waals surface area contributed by atoms with E-state index in [1.54, 1.807) is 52.0 Å². The van der Waals surface area contributed by atoms with Crippen LogP contribution in [0.3, 0.4) is 0 Å². The first-order valence-electron chi connectivity index (χ1n) is 13.6. The van der Waals surface area contributed by atoms with Crippen LogP contribution < -0.4 is 5.32 Å². The number of rotatable bonds is 11. The lowest BCUT2D eigenvalue weighted by atomic mass is 9.99. The minimum Gasteiger partial charge on any atom is -0.464 e. The molecule has 8 nitrogen and oxygen atoms in total. The highest BCUT2D eigenvalue weighted by Gasteiger charge is 2.44. The van der Waals surface area contributed by atoms with Crippen molar-refractivity contribution in [1.82, 2.24) is 10.2 Å². The molecule has 0 aliphatic heterocycles. The van der Waals surface area contributed by atoms with Gasteiger partial charge in [-0.15, -0.1) is 0 Å². The third kappa shape index (κ3) is 10.8. The lowest BCUT2D eigenvalue weighted by Gasteiger charge is -2.41. The Kier molecular flexibility index (Phi) is 12.5. The number of amides is 2. The molecule has 1 N–H and O–H groups in total. The van der Waals surface area contributed by atoms with Gasteiger partial charge in [0.2, 0.25) is 5.91 Å². The molecule has 0 bridgehead atoms. The van der Waals surface area contributed by atoms with Gasteiger partial charge < -0.3 is 19.2 Å². The molecule has 0 unspecified atom stereocenters. The molecule has 1 aromatic carbocycles. The molecule has 1 rings (SSSR count). The zero-order valence-electron chi connectivity index (χ0n) is 25.8. The quantitative estimate of drug-likeness (QED) is 0.229. The fourth-order valence-corrected chi connectivity index (χ4v) is 4.95. The van der Waals surface area contributed by atoms with Gasteiger partial charge in [-0.2, -0.15) is 0 Å². The van der Waals surface area contributed by atoms with Crippen LogP contribution in [0.1, 0.15) is 80.4 Å². The number of carbonyl (C=O) groups excluding carboxylic acids is 3. The van der Waals surface area contributed by atoms with Crippen molar-refractivity contribution in [1.29, 1.82) is 0 Å². The third-order valence-corrected chi connectivity index (χ3v) is 11.4. The molecule has 10 heteroatoms. The number of likely N-dealkylation sites (N-methyl/N-ethyl adjacent to an activating group) is 1. The van der Waals surface area contributed by atoms with E-state index in [1.807, 2.05) is 13.8 Å². The summed E-state index contributed by atoms with van der Waals surface area (Å²) < 4.78 is 17.7. The van der Waals surface area contributed by atoms with Crippen molar-refractivity contribution in [2.24, 2.45) is 5.92 Å². The Labute approximate surface area is 241 Å². The summed E-state index contributed by atoms with van der Waals surface area (Å²) in [5, 5.41) is 3.26. The summed E-state index contributed by atoms with van der Waals surface area (Å²) in [7, 11) is -0.913. The molecular formula is C29H49ClN2O6Si. The summed E-state index contributed by atoms with van der Waals surface area (Å²) in [5.41, 5.74) is -0.0440. The van der Waals surface area contributed by atoms with Crippen LogP contribution in [0.5, 0.6) is 0 Å². The number of nitrogens with one attached hydrogen (secondary N) is 1. The average molecular weight is 585 g/mol. The first-order chi connectivity index (χ1) is 17.7. The van der Waals surface area contributed by atoms with Gasteiger partial charge in [0.15, 0.2) is 14.4 Å². The monoisotopic (exact) mass is 584 g/mol. The zero-order chi connectivity index (χ0) is 30.3. The van der Waals surface area contributed by atoms with Crippen LogP contribution in [0.15, 0.2) is 24.3 Å². The first kappa shape index (κ1) is 34.9. The Bertz CT molecular complexity index is 969. The number of hydrogen-bond acceptors (Lipinski definition) is 6. The summed E-state index contributed by atoms with van der Waals surface area (Å²) in [5.74, 6) is -1.03. The largest absolute Gasteiger partial charge is 0.464 e. The predicted octanol–water partition coefficient (Wildman–Crippen LogP) is 6.73. The number of carbonyl (C=O) groups is 3. The van der Waals surface area contributed by atoms with Gasteiger partial charge in [0, 0.05) is 12.1 Å². The zero-order valence-corrected chi connectivity index (χ0v) is 27.6. The van der Waals surface area contributed by atoms with Gasteiger partial charge in [-0.05, 0) is 75.9 Å². The summed E-state index contributed by atoms with van der Waals surface area (Å²) in [4.78, 5) is 41.4. The molecule has 0 aliphatic carbocycles. The lowest BCUT2D eigenvalue weighted by Crippen LogP contribution is -2.56. The molecule has 1 aromatic rings. The molecule has 0 radical (unpaired) electrons. The van der Waals surface area contributed by atoms with Gasteiger partial charge in [-0.1, -0.05) is 58.4 Å². The van der Waals surface area contributed by atoms with Gasteiger partial charge >= 0.3 is 12.1 Å². The van der Waals surface area contributed by atoms with E-state index >= 15 is 0 Å². The van der Waals surface area contributed by atoms with Crippen molar-refractivity contribution < 1.29 is 28.3 Å². The van der Waals surface area contributed by atoms with E-state index in [0.717, 1.165) is 0 Å².